The number of phenolic OH excluding ortho intramolecular Hbond substituents is 1. The van der Waals surface area contributed by atoms with E-state index in [0.29, 0.717) is 11.1 Å². The van der Waals surface area contributed by atoms with E-state index in [1.54, 1.807) is 19.1 Å². The Morgan fingerprint density at radius 3 is 2.40 bits per heavy atom. The predicted molar refractivity (Wildman–Crippen MR) is 144 cm³/mol. The molecule has 208 valence electrons. The molecule has 2 aromatic carbocycles. The van der Waals surface area contributed by atoms with Gasteiger partial charge in [0, 0.05) is 13.0 Å². The second-order valence-corrected chi connectivity index (χ2v) is 11.9. The van der Waals surface area contributed by atoms with Crippen LogP contribution in [-0.2, 0) is 19.2 Å². The van der Waals surface area contributed by atoms with Crippen molar-refractivity contribution in [3.8, 4) is 11.5 Å². The molecule has 1 N–H and O–H groups in total. The molecular formula is C29H25Cl2FN2O6. The molecule has 8 nitrogen and oxygen atoms in total. The maximum absolute atomic E-state index is 14.3. The van der Waals surface area contributed by atoms with E-state index in [4.69, 9.17) is 27.9 Å². The summed E-state index contributed by atoms with van der Waals surface area (Å²) in [5, 5.41) is 10.4. The van der Waals surface area contributed by atoms with Crippen molar-refractivity contribution in [2.75, 3.05) is 18.6 Å². The first-order valence-electron chi connectivity index (χ1n) is 12.9. The molecule has 0 aromatic heterocycles. The van der Waals surface area contributed by atoms with Crippen LogP contribution in [-0.4, -0.2) is 57.0 Å². The van der Waals surface area contributed by atoms with Gasteiger partial charge in [-0.25, -0.2) is 9.29 Å². The highest BCUT2D eigenvalue weighted by Gasteiger charge is 2.76. The second kappa shape index (κ2) is 9.04. The Morgan fingerprint density at radius 1 is 1.02 bits per heavy atom. The maximum Gasteiger partial charge on any atom is 0.258 e. The molecule has 4 amide bonds. The molecule has 6 atom stereocenters. The number of benzene rings is 2. The molecule has 0 radical (unpaired) electrons. The molecule has 0 unspecified atom stereocenters. The highest BCUT2D eigenvalue weighted by atomic mass is 35.5. The molecule has 3 fully saturated rings. The number of allylic oxidation sites excluding steroid dienone is 2. The highest BCUT2D eigenvalue weighted by Crippen LogP contribution is 2.66. The Hall–Kier alpha value is -3.43. The maximum atomic E-state index is 14.3. The van der Waals surface area contributed by atoms with Gasteiger partial charge in [0.15, 0.2) is 21.2 Å². The van der Waals surface area contributed by atoms with Gasteiger partial charge in [0.2, 0.25) is 11.8 Å². The number of halogens is 3. The van der Waals surface area contributed by atoms with Crippen LogP contribution < -0.4 is 9.64 Å². The number of phenols is 1. The van der Waals surface area contributed by atoms with Crippen LogP contribution in [0.25, 0.3) is 0 Å². The zero-order chi connectivity index (χ0) is 28.7. The van der Waals surface area contributed by atoms with Gasteiger partial charge < -0.3 is 9.84 Å². The van der Waals surface area contributed by atoms with Gasteiger partial charge in [0.05, 0.1) is 24.1 Å². The third-order valence-electron chi connectivity index (χ3n) is 8.73. The zero-order valence-corrected chi connectivity index (χ0v) is 23.1. The Bertz CT molecular complexity index is 1510. The molecule has 40 heavy (non-hydrogen) atoms. The summed E-state index contributed by atoms with van der Waals surface area (Å²) in [6.45, 7) is 2.00. The Morgan fingerprint density at radius 2 is 1.73 bits per heavy atom. The number of anilines is 1. The van der Waals surface area contributed by atoms with Crippen molar-refractivity contribution < 1.29 is 33.4 Å². The minimum Gasteiger partial charge on any atom is -0.504 e. The van der Waals surface area contributed by atoms with E-state index in [1.807, 2.05) is 6.08 Å². The van der Waals surface area contributed by atoms with Crippen molar-refractivity contribution in [2.24, 2.45) is 17.8 Å². The van der Waals surface area contributed by atoms with E-state index < -0.39 is 51.1 Å². The smallest absolute Gasteiger partial charge is 0.258 e. The molecule has 0 spiro atoms. The number of imide groups is 2. The van der Waals surface area contributed by atoms with Gasteiger partial charge in [-0.3, -0.25) is 24.1 Å². The van der Waals surface area contributed by atoms with Crippen LogP contribution in [0.15, 0.2) is 54.1 Å². The average Bonchev–Trinajstić information content (AvgIpc) is 3.24. The van der Waals surface area contributed by atoms with Crippen molar-refractivity contribution in [1.82, 2.24) is 4.90 Å². The first-order chi connectivity index (χ1) is 19.0. The monoisotopic (exact) mass is 586 g/mol. The summed E-state index contributed by atoms with van der Waals surface area (Å²) in [6, 6.07) is 9.36. The largest absolute Gasteiger partial charge is 0.504 e. The number of hydrogen-bond donors (Lipinski definition) is 1. The first-order valence-corrected chi connectivity index (χ1v) is 13.7. The quantitative estimate of drug-likeness (QED) is 0.328. The molecule has 4 aliphatic rings. The number of hydrogen-bond acceptors (Lipinski definition) is 6. The summed E-state index contributed by atoms with van der Waals surface area (Å²) >= 11 is 14.5. The minimum atomic E-state index is -2.05. The van der Waals surface area contributed by atoms with Crippen LogP contribution in [0.5, 0.6) is 11.5 Å². The molecule has 2 aromatic rings. The molecule has 2 aliphatic carbocycles. The molecule has 2 saturated heterocycles. The number of rotatable bonds is 4. The van der Waals surface area contributed by atoms with Crippen molar-refractivity contribution in [1.29, 1.82) is 0 Å². The van der Waals surface area contributed by atoms with E-state index in [-0.39, 0.29) is 48.4 Å². The van der Waals surface area contributed by atoms with Gasteiger partial charge in [0.1, 0.15) is 5.82 Å². The van der Waals surface area contributed by atoms with E-state index in [9.17, 15) is 28.7 Å². The number of fused-ring (bicyclic) bond motifs is 4. The first kappa shape index (κ1) is 26.8. The normalized spacial score (nSPS) is 33.1. The summed E-state index contributed by atoms with van der Waals surface area (Å²) in [4.78, 5) is 52.5. The fourth-order valence-corrected chi connectivity index (χ4v) is 7.85. The topological polar surface area (TPSA) is 104 Å². The van der Waals surface area contributed by atoms with Crippen LogP contribution >= 0.6 is 23.2 Å². The van der Waals surface area contributed by atoms with E-state index in [0.717, 1.165) is 21.9 Å². The average molecular weight is 587 g/mol. The summed E-state index contributed by atoms with van der Waals surface area (Å²) in [7, 11) is 1.43. The van der Waals surface area contributed by atoms with E-state index in [2.05, 4.69) is 0 Å². The molecule has 2 aliphatic heterocycles. The lowest BCUT2D eigenvalue weighted by molar-refractivity contribution is -0.138. The predicted octanol–water partition coefficient (Wildman–Crippen LogP) is 4.12. The van der Waals surface area contributed by atoms with E-state index in [1.165, 1.54) is 25.2 Å². The third kappa shape index (κ3) is 3.37. The van der Waals surface area contributed by atoms with Gasteiger partial charge in [-0.2, -0.15) is 0 Å². The summed E-state index contributed by atoms with van der Waals surface area (Å²) in [5.41, 5.74) is 1.18. The second-order valence-electron chi connectivity index (χ2n) is 10.6. The van der Waals surface area contributed by atoms with Crippen LogP contribution in [0.1, 0.15) is 31.2 Å². The van der Waals surface area contributed by atoms with E-state index >= 15 is 0 Å². The number of alkyl halides is 2. The molecule has 6 rings (SSSR count). The number of carbonyl (C=O) groups excluding carboxylic acids is 4. The van der Waals surface area contributed by atoms with Crippen LogP contribution in [0.2, 0.25) is 0 Å². The van der Waals surface area contributed by atoms with Gasteiger partial charge in [-0.05, 0) is 67.6 Å². The number of carbonyl (C=O) groups is 4. The highest BCUT2D eigenvalue weighted by molar-refractivity contribution is 6.58. The summed E-state index contributed by atoms with van der Waals surface area (Å²) in [6.07, 6.45) is 1.92. The lowest BCUT2D eigenvalue weighted by Gasteiger charge is -2.50. The number of ether oxygens (including phenoxy) is 1. The molecular weight excluding hydrogens is 562 g/mol. The van der Waals surface area contributed by atoms with Gasteiger partial charge in [0.25, 0.3) is 11.8 Å². The standard InChI is InChI=1S/C29H25Cl2FN2O6/c1-3-40-21-12-14(4-11-20(21)35)23-17-9-10-18-22(25(37)33(2)24(18)36)19(17)13-28(30)26(38)34(27(39)29(23,28)31)16-7-5-15(32)6-8-16/h4-9,11-12,18-19,22-23,35H,3,10,13H2,1-2H3/t18-,19+,22-,23-,28+,29-/m0/s1. The van der Waals surface area contributed by atoms with Crippen molar-refractivity contribution in [3.05, 3.63) is 65.5 Å². The minimum absolute atomic E-state index is 0.104. The number of likely N-dealkylation sites (tertiary alicyclic amines) is 1. The van der Waals surface area contributed by atoms with Crippen LogP contribution in [0, 0.1) is 23.6 Å². The number of nitrogens with zero attached hydrogens (tertiary/aromatic N) is 2. The van der Waals surface area contributed by atoms with Crippen LogP contribution in [0.4, 0.5) is 10.1 Å². The fourth-order valence-electron chi connectivity index (χ4n) is 6.91. The number of aromatic hydroxyl groups is 1. The van der Waals surface area contributed by atoms with Gasteiger partial charge >= 0.3 is 0 Å². The summed E-state index contributed by atoms with van der Waals surface area (Å²) in [5.74, 6) is -5.86. The Labute approximate surface area is 239 Å². The van der Waals surface area contributed by atoms with Gasteiger partial charge in [-0.15, -0.1) is 23.2 Å². The van der Waals surface area contributed by atoms with Crippen molar-refractivity contribution >= 4 is 52.5 Å². The summed E-state index contributed by atoms with van der Waals surface area (Å²) < 4.78 is 19.3. The van der Waals surface area contributed by atoms with Crippen molar-refractivity contribution in [2.45, 2.75) is 35.4 Å². The fraction of sp³-hybridized carbons (Fsp3) is 0.379. The SMILES string of the molecule is CCOc1cc([C@H]2C3=CC[C@@H]4C(=O)N(C)C(=O)[C@@H]4[C@@H]3C[C@@]3(Cl)C(=O)N(c4ccc(F)cc4)C(=O)[C@@]23Cl)ccc1O. The zero-order valence-electron chi connectivity index (χ0n) is 21.6. The molecule has 0 bridgehead atoms. The molecule has 1 saturated carbocycles. The Balaban J connectivity index is 1.58. The molecule has 11 heteroatoms. The van der Waals surface area contributed by atoms with Crippen LogP contribution in [0.3, 0.4) is 0 Å². The lowest BCUT2D eigenvalue weighted by atomic mass is 9.56. The number of amides is 4. The van der Waals surface area contributed by atoms with Gasteiger partial charge in [-0.1, -0.05) is 17.7 Å². The van der Waals surface area contributed by atoms with Crippen molar-refractivity contribution in [3.63, 3.8) is 0 Å². The third-order valence-corrected chi connectivity index (χ3v) is 10.1. The lowest BCUT2D eigenvalue weighted by Crippen LogP contribution is -2.60. The molecule has 2 heterocycles. The Kier molecular flexibility index (Phi) is 6.05.